The van der Waals surface area contributed by atoms with E-state index in [4.69, 9.17) is 5.73 Å². The van der Waals surface area contributed by atoms with Gasteiger partial charge in [0.25, 0.3) is 11.6 Å². The molecule has 0 aliphatic carbocycles. The molecule has 2 aromatic heterocycles. The van der Waals surface area contributed by atoms with Crippen LogP contribution in [0, 0.1) is 17.0 Å². The van der Waals surface area contributed by atoms with Crippen LogP contribution in [0.1, 0.15) is 16.2 Å². The Bertz CT molecular complexity index is 634. The van der Waals surface area contributed by atoms with Gasteiger partial charge in [-0.15, -0.1) is 0 Å². The predicted molar refractivity (Wildman–Crippen MR) is 61.3 cm³/mol. The van der Waals surface area contributed by atoms with E-state index in [1.807, 2.05) is 0 Å². The normalized spacial score (nSPS) is 10.3. The van der Waals surface area contributed by atoms with Crippen LogP contribution >= 0.6 is 0 Å². The SMILES string of the molecule is Cc1nccn1-c1ncc([N+](=O)[O-])cc1C(N)=O. The molecule has 0 aliphatic rings. The third kappa shape index (κ3) is 1.90. The summed E-state index contributed by atoms with van der Waals surface area (Å²) in [5.41, 5.74) is 4.89. The number of aryl methyl sites for hydroxylation is 1. The Labute approximate surface area is 101 Å². The highest BCUT2D eigenvalue weighted by Gasteiger charge is 2.18. The van der Waals surface area contributed by atoms with Crippen molar-refractivity contribution in [3.8, 4) is 5.82 Å². The molecule has 2 rings (SSSR count). The van der Waals surface area contributed by atoms with Crippen molar-refractivity contribution >= 4 is 11.6 Å². The number of carbonyl (C=O) groups excluding carboxylic acids is 1. The number of carbonyl (C=O) groups is 1. The number of hydrogen-bond acceptors (Lipinski definition) is 5. The van der Waals surface area contributed by atoms with Crippen molar-refractivity contribution in [3.63, 3.8) is 0 Å². The van der Waals surface area contributed by atoms with E-state index in [2.05, 4.69) is 9.97 Å². The van der Waals surface area contributed by atoms with Crippen molar-refractivity contribution in [3.05, 3.63) is 46.2 Å². The number of primary amides is 1. The van der Waals surface area contributed by atoms with E-state index < -0.39 is 10.8 Å². The molecule has 8 heteroatoms. The van der Waals surface area contributed by atoms with Crippen molar-refractivity contribution in [1.82, 2.24) is 14.5 Å². The minimum absolute atomic E-state index is 0.0229. The lowest BCUT2D eigenvalue weighted by Gasteiger charge is -2.07. The first-order chi connectivity index (χ1) is 8.50. The quantitative estimate of drug-likeness (QED) is 0.628. The van der Waals surface area contributed by atoms with Crippen LogP contribution in [0.25, 0.3) is 5.82 Å². The summed E-state index contributed by atoms with van der Waals surface area (Å²) >= 11 is 0. The number of nitrogens with two attached hydrogens (primary N) is 1. The zero-order chi connectivity index (χ0) is 13.3. The second kappa shape index (κ2) is 4.24. The lowest BCUT2D eigenvalue weighted by atomic mass is 10.2. The average molecular weight is 247 g/mol. The molecule has 2 aromatic rings. The maximum atomic E-state index is 11.3. The molecule has 2 heterocycles. The van der Waals surface area contributed by atoms with Gasteiger partial charge in [0, 0.05) is 18.5 Å². The third-order valence-electron chi connectivity index (χ3n) is 2.38. The molecule has 0 aliphatic heterocycles. The lowest BCUT2D eigenvalue weighted by molar-refractivity contribution is -0.385. The molecule has 0 atom stereocenters. The van der Waals surface area contributed by atoms with Gasteiger partial charge in [-0.05, 0) is 6.92 Å². The molecule has 0 unspecified atom stereocenters. The fraction of sp³-hybridized carbons (Fsp3) is 0.100. The Morgan fingerprint density at radius 3 is 2.72 bits per heavy atom. The van der Waals surface area contributed by atoms with Crippen molar-refractivity contribution in [1.29, 1.82) is 0 Å². The largest absolute Gasteiger partial charge is 0.365 e. The highest BCUT2D eigenvalue weighted by atomic mass is 16.6. The number of pyridine rings is 1. The van der Waals surface area contributed by atoms with E-state index in [0.717, 1.165) is 12.3 Å². The number of amides is 1. The van der Waals surface area contributed by atoms with Gasteiger partial charge in [-0.3, -0.25) is 19.5 Å². The molecule has 0 radical (unpaired) electrons. The van der Waals surface area contributed by atoms with Gasteiger partial charge >= 0.3 is 0 Å². The molecule has 92 valence electrons. The summed E-state index contributed by atoms with van der Waals surface area (Å²) < 4.78 is 1.53. The number of rotatable bonds is 3. The highest BCUT2D eigenvalue weighted by Crippen LogP contribution is 2.18. The van der Waals surface area contributed by atoms with Crippen LogP contribution in [0.3, 0.4) is 0 Å². The monoisotopic (exact) mass is 247 g/mol. The fourth-order valence-electron chi connectivity index (χ4n) is 1.52. The molecule has 18 heavy (non-hydrogen) atoms. The number of imidazole rings is 1. The Kier molecular flexibility index (Phi) is 2.76. The molecule has 0 bridgehead atoms. The van der Waals surface area contributed by atoms with E-state index in [9.17, 15) is 14.9 Å². The number of aromatic nitrogens is 3. The second-order valence-electron chi connectivity index (χ2n) is 3.53. The molecule has 8 nitrogen and oxygen atoms in total. The summed E-state index contributed by atoms with van der Waals surface area (Å²) in [6, 6.07) is 1.10. The summed E-state index contributed by atoms with van der Waals surface area (Å²) in [4.78, 5) is 29.2. The van der Waals surface area contributed by atoms with Gasteiger partial charge in [-0.2, -0.15) is 0 Å². The van der Waals surface area contributed by atoms with E-state index in [1.165, 1.54) is 10.8 Å². The molecule has 1 amide bonds. The first kappa shape index (κ1) is 11.7. The van der Waals surface area contributed by atoms with Gasteiger partial charge in [0.05, 0.1) is 10.5 Å². The molecule has 2 N–H and O–H groups in total. The van der Waals surface area contributed by atoms with Gasteiger partial charge in [-0.25, -0.2) is 9.97 Å². The van der Waals surface area contributed by atoms with Crippen LogP contribution in [0.5, 0.6) is 0 Å². The minimum atomic E-state index is -0.783. The standard InChI is InChI=1S/C10H9N5O3/c1-6-12-2-3-14(6)10-8(9(11)16)4-7(5-13-10)15(17)18/h2-5H,1H3,(H2,11,16). The van der Waals surface area contributed by atoms with Gasteiger partial charge in [0.2, 0.25) is 0 Å². The van der Waals surface area contributed by atoms with Gasteiger partial charge in [0.15, 0.2) is 5.82 Å². The third-order valence-corrected chi connectivity index (χ3v) is 2.38. The van der Waals surface area contributed by atoms with Crippen LogP contribution in [0.2, 0.25) is 0 Å². The summed E-state index contributed by atoms with van der Waals surface area (Å²) in [5, 5.41) is 10.6. The first-order valence-corrected chi connectivity index (χ1v) is 4.95. The number of nitro groups is 1. The molecule has 0 spiro atoms. The van der Waals surface area contributed by atoms with Crippen LogP contribution < -0.4 is 5.73 Å². The van der Waals surface area contributed by atoms with Crippen LogP contribution in [0.15, 0.2) is 24.7 Å². The van der Waals surface area contributed by atoms with E-state index in [-0.39, 0.29) is 17.1 Å². The number of nitrogens with zero attached hydrogens (tertiary/aromatic N) is 4. The molecule has 0 fully saturated rings. The Balaban J connectivity index is 2.65. The van der Waals surface area contributed by atoms with Crippen molar-refractivity contribution in [2.24, 2.45) is 5.73 Å². The van der Waals surface area contributed by atoms with Crippen LogP contribution in [-0.2, 0) is 0 Å². The summed E-state index contributed by atoms with van der Waals surface area (Å²) in [7, 11) is 0. The Morgan fingerprint density at radius 1 is 1.50 bits per heavy atom. The maximum absolute atomic E-state index is 11.3. The van der Waals surface area contributed by atoms with E-state index in [0.29, 0.717) is 5.82 Å². The van der Waals surface area contributed by atoms with Crippen molar-refractivity contribution < 1.29 is 9.72 Å². The van der Waals surface area contributed by atoms with Crippen molar-refractivity contribution in [2.45, 2.75) is 6.92 Å². The second-order valence-corrected chi connectivity index (χ2v) is 3.53. The van der Waals surface area contributed by atoms with Crippen molar-refractivity contribution in [2.75, 3.05) is 0 Å². The zero-order valence-corrected chi connectivity index (χ0v) is 9.40. The summed E-state index contributed by atoms with van der Waals surface area (Å²) in [5.74, 6) is 0.0382. The predicted octanol–water partition coefficient (Wildman–Crippen LogP) is 0.583. The summed E-state index contributed by atoms with van der Waals surface area (Å²) in [6.07, 6.45) is 4.19. The fourth-order valence-corrected chi connectivity index (χ4v) is 1.52. The molecule has 0 aromatic carbocycles. The number of hydrogen-bond donors (Lipinski definition) is 1. The zero-order valence-electron chi connectivity index (χ0n) is 9.40. The first-order valence-electron chi connectivity index (χ1n) is 4.95. The van der Waals surface area contributed by atoms with E-state index in [1.54, 1.807) is 13.1 Å². The Morgan fingerprint density at radius 2 is 2.22 bits per heavy atom. The Hall–Kier alpha value is -2.77. The maximum Gasteiger partial charge on any atom is 0.288 e. The van der Waals surface area contributed by atoms with Gasteiger partial charge in [-0.1, -0.05) is 0 Å². The molecular weight excluding hydrogens is 238 g/mol. The molecular formula is C10H9N5O3. The molecule has 0 saturated heterocycles. The van der Waals surface area contributed by atoms with Crippen LogP contribution in [0.4, 0.5) is 5.69 Å². The van der Waals surface area contributed by atoms with Gasteiger partial charge < -0.3 is 5.73 Å². The average Bonchev–Trinajstić information content (AvgIpc) is 2.74. The summed E-state index contributed by atoms with van der Waals surface area (Å²) in [6.45, 7) is 1.72. The van der Waals surface area contributed by atoms with E-state index >= 15 is 0 Å². The highest BCUT2D eigenvalue weighted by molar-refractivity contribution is 5.96. The van der Waals surface area contributed by atoms with Gasteiger partial charge in [0.1, 0.15) is 12.0 Å². The molecule has 0 saturated carbocycles. The topological polar surface area (TPSA) is 117 Å². The minimum Gasteiger partial charge on any atom is -0.365 e. The lowest BCUT2D eigenvalue weighted by Crippen LogP contribution is -2.16. The smallest absolute Gasteiger partial charge is 0.288 e. The van der Waals surface area contributed by atoms with Crippen LogP contribution in [-0.4, -0.2) is 25.4 Å².